The van der Waals surface area contributed by atoms with Crippen LogP contribution in [0.15, 0.2) is 24.3 Å². The van der Waals surface area contributed by atoms with Crippen molar-refractivity contribution in [3.63, 3.8) is 0 Å². The Morgan fingerprint density at radius 2 is 2.15 bits per heavy atom. The van der Waals surface area contributed by atoms with E-state index in [1.165, 1.54) is 18.7 Å². The van der Waals surface area contributed by atoms with Gasteiger partial charge in [0, 0.05) is 18.2 Å². The lowest BCUT2D eigenvalue weighted by Gasteiger charge is -2.15. The first-order chi connectivity index (χ1) is 9.49. The number of esters is 1. The van der Waals surface area contributed by atoms with Crippen LogP contribution in [0.1, 0.15) is 28.3 Å². The summed E-state index contributed by atoms with van der Waals surface area (Å²) < 4.78 is 5.19. The molecule has 1 aromatic rings. The lowest BCUT2D eigenvalue weighted by molar-refractivity contribution is -0.140. The Labute approximate surface area is 119 Å². The molecule has 1 amide bonds. The molecule has 0 saturated heterocycles. The number of nitrogens with one attached hydrogen (secondary N) is 1. The number of hydrogen-bond donors (Lipinski definition) is 2. The van der Waals surface area contributed by atoms with Gasteiger partial charge in [-0.05, 0) is 6.07 Å². The summed E-state index contributed by atoms with van der Waals surface area (Å²) in [5.74, 6) is -1.84. The lowest BCUT2D eigenvalue weighted by atomic mass is 10.1. The van der Waals surface area contributed by atoms with Crippen molar-refractivity contribution in [1.29, 1.82) is 0 Å². The summed E-state index contributed by atoms with van der Waals surface area (Å²) in [5.41, 5.74) is 0.695. The minimum absolute atomic E-state index is 0.112. The predicted octanol–water partition coefficient (Wildman–Crippen LogP) is 1.18. The number of fused-ring (bicyclic) bond motifs is 1. The van der Waals surface area contributed by atoms with E-state index < -0.39 is 29.3 Å². The van der Waals surface area contributed by atoms with E-state index in [-0.39, 0.29) is 5.75 Å². The Kier molecular flexibility index (Phi) is 4.29. The zero-order valence-corrected chi connectivity index (χ0v) is 11.5. The molecule has 1 aromatic carbocycles. The molecule has 1 unspecified atom stereocenters. The van der Waals surface area contributed by atoms with Crippen LogP contribution in [0, 0.1) is 0 Å². The highest BCUT2D eigenvalue weighted by Crippen LogP contribution is 2.38. The Balaban J connectivity index is 2.03. The first-order valence-corrected chi connectivity index (χ1v) is 6.95. The molecule has 0 aromatic heterocycles. The Morgan fingerprint density at radius 1 is 1.45 bits per heavy atom. The molecule has 0 aliphatic carbocycles. The quantitative estimate of drug-likeness (QED) is 0.792. The van der Waals surface area contributed by atoms with Crippen molar-refractivity contribution in [3.8, 4) is 0 Å². The van der Waals surface area contributed by atoms with Crippen molar-refractivity contribution < 1.29 is 24.2 Å². The molecule has 2 atom stereocenters. The third-order valence-electron chi connectivity index (χ3n) is 2.74. The van der Waals surface area contributed by atoms with Crippen LogP contribution < -0.4 is 5.32 Å². The van der Waals surface area contributed by atoms with Gasteiger partial charge in [-0.2, -0.15) is 0 Å². The maximum atomic E-state index is 11.6. The molecule has 20 heavy (non-hydrogen) atoms. The van der Waals surface area contributed by atoms with Crippen molar-refractivity contribution in [1.82, 2.24) is 5.32 Å². The molecule has 0 fully saturated rings. The van der Waals surface area contributed by atoms with E-state index in [2.05, 4.69) is 5.32 Å². The first kappa shape index (κ1) is 14.4. The van der Waals surface area contributed by atoms with E-state index in [1.807, 2.05) is 0 Å². The summed E-state index contributed by atoms with van der Waals surface area (Å²) in [6, 6.07) is 5.96. The maximum absolute atomic E-state index is 11.6. The largest absolute Gasteiger partial charge is 0.480 e. The van der Waals surface area contributed by atoms with Crippen molar-refractivity contribution in [3.05, 3.63) is 35.4 Å². The number of rotatable bonds is 5. The molecule has 7 heteroatoms. The van der Waals surface area contributed by atoms with Gasteiger partial charge in [-0.1, -0.05) is 18.2 Å². The SMILES string of the molecule is CC(=O)N[C@@H](CSC1OC(=O)c2ccccc21)C(=O)O. The Morgan fingerprint density at radius 3 is 2.80 bits per heavy atom. The molecule has 0 radical (unpaired) electrons. The number of amides is 1. The van der Waals surface area contributed by atoms with Gasteiger partial charge in [-0.15, -0.1) is 11.8 Å². The standard InChI is InChI=1S/C13H13NO5S/c1-7(15)14-10(11(16)17)6-20-13-9-5-3-2-4-8(9)12(18)19-13/h2-5,10,13H,6H2,1H3,(H,14,15)(H,16,17)/t10-,13?/m0/s1. The summed E-state index contributed by atoms with van der Waals surface area (Å²) in [6.07, 6.45) is 0. The second kappa shape index (κ2) is 5.96. The Bertz CT molecular complexity index is 559. The topological polar surface area (TPSA) is 92.7 Å². The van der Waals surface area contributed by atoms with Gasteiger partial charge in [0.05, 0.1) is 5.56 Å². The van der Waals surface area contributed by atoms with E-state index >= 15 is 0 Å². The highest BCUT2D eigenvalue weighted by atomic mass is 32.2. The number of thioether (sulfide) groups is 1. The fraction of sp³-hybridized carbons (Fsp3) is 0.308. The molecule has 106 valence electrons. The minimum Gasteiger partial charge on any atom is -0.480 e. The summed E-state index contributed by atoms with van der Waals surface area (Å²) in [7, 11) is 0. The van der Waals surface area contributed by atoms with E-state index in [1.54, 1.807) is 24.3 Å². The van der Waals surface area contributed by atoms with Gasteiger partial charge < -0.3 is 15.2 Å². The molecule has 1 aliphatic heterocycles. The van der Waals surface area contributed by atoms with Crippen LogP contribution in [0.25, 0.3) is 0 Å². The number of carboxylic acids is 1. The minimum atomic E-state index is -1.12. The zero-order chi connectivity index (χ0) is 14.7. The van der Waals surface area contributed by atoms with E-state index in [4.69, 9.17) is 9.84 Å². The second-order valence-corrected chi connectivity index (χ2v) is 5.34. The van der Waals surface area contributed by atoms with Crippen LogP contribution >= 0.6 is 11.8 Å². The number of carbonyl (C=O) groups is 3. The van der Waals surface area contributed by atoms with Crippen LogP contribution in [0.3, 0.4) is 0 Å². The molecule has 0 bridgehead atoms. The highest BCUT2D eigenvalue weighted by molar-refractivity contribution is 7.99. The molecule has 6 nitrogen and oxygen atoms in total. The number of aliphatic carboxylic acids is 1. The van der Waals surface area contributed by atoms with Crippen molar-refractivity contribution in [2.45, 2.75) is 18.4 Å². The summed E-state index contributed by atoms with van der Waals surface area (Å²) >= 11 is 1.17. The number of carbonyl (C=O) groups excluding carboxylic acids is 2. The summed E-state index contributed by atoms with van der Waals surface area (Å²) in [4.78, 5) is 33.6. The van der Waals surface area contributed by atoms with Gasteiger partial charge in [0.15, 0.2) is 5.44 Å². The molecule has 0 saturated carbocycles. The monoisotopic (exact) mass is 295 g/mol. The number of benzene rings is 1. The fourth-order valence-electron chi connectivity index (χ4n) is 1.84. The van der Waals surface area contributed by atoms with Crippen LogP contribution in [0.2, 0.25) is 0 Å². The van der Waals surface area contributed by atoms with E-state index in [0.29, 0.717) is 5.56 Å². The van der Waals surface area contributed by atoms with Gasteiger partial charge in [0.2, 0.25) is 5.91 Å². The number of hydrogen-bond acceptors (Lipinski definition) is 5. The normalized spacial score (nSPS) is 18.1. The second-order valence-electron chi connectivity index (χ2n) is 4.25. The third-order valence-corrected chi connectivity index (χ3v) is 3.92. The molecule has 1 aliphatic rings. The number of cyclic esters (lactones) is 1. The molecular weight excluding hydrogens is 282 g/mol. The molecule has 0 spiro atoms. The van der Waals surface area contributed by atoms with Crippen molar-refractivity contribution in [2.24, 2.45) is 0 Å². The average molecular weight is 295 g/mol. The van der Waals surface area contributed by atoms with Gasteiger partial charge in [0.1, 0.15) is 6.04 Å². The van der Waals surface area contributed by atoms with Crippen LogP contribution in [0.5, 0.6) is 0 Å². The van der Waals surface area contributed by atoms with Gasteiger partial charge >= 0.3 is 11.9 Å². The number of carboxylic acid groups (broad SMARTS) is 1. The van der Waals surface area contributed by atoms with Gasteiger partial charge in [0.25, 0.3) is 0 Å². The first-order valence-electron chi connectivity index (χ1n) is 5.90. The predicted molar refractivity (Wildman–Crippen MR) is 72.3 cm³/mol. The summed E-state index contributed by atoms with van der Waals surface area (Å²) in [6.45, 7) is 1.26. The summed E-state index contributed by atoms with van der Waals surface area (Å²) in [5, 5.41) is 11.3. The smallest absolute Gasteiger partial charge is 0.340 e. The zero-order valence-electron chi connectivity index (χ0n) is 10.7. The maximum Gasteiger partial charge on any atom is 0.340 e. The molecule has 2 rings (SSSR count). The van der Waals surface area contributed by atoms with Crippen molar-refractivity contribution >= 4 is 29.6 Å². The van der Waals surface area contributed by atoms with Crippen LogP contribution in [-0.2, 0) is 14.3 Å². The van der Waals surface area contributed by atoms with Gasteiger partial charge in [-0.25, -0.2) is 9.59 Å². The third kappa shape index (κ3) is 3.11. The number of ether oxygens (including phenoxy) is 1. The van der Waals surface area contributed by atoms with E-state index in [9.17, 15) is 14.4 Å². The lowest BCUT2D eigenvalue weighted by Crippen LogP contribution is -2.41. The van der Waals surface area contributed by atoms with Gasteiger partial charge in [-0.3, -0.25) is 4.79 Å². The fourth-order valence-corrected chi connectivity index (χ4v) is 2.97. The van der Waals surface area contributed by atoms with E-state index in [0.717, 1.165) is 5.56 Å². The average Bonchev–Trinajstić information content (AvgIpc) is 2.71. The van der Waals surface area contributed by atoms with Crippen molar-refractivity contribution in [2.75, 3.05) is 5.75 Å². The van der Waals surface area contributed by atoms with Crippen LogP contribution in [0.4, 0.5) is 0 Å². The molecule has 1 heterocycles. The molecular formula is C13H13NO5S. The Hall–Kier alpha value is -2.02. The van der Waals surface area contributed by atoms with Crippen LogP contribution in [-0.4, -0.2) is 34.7 Å². The highest BCUT2D eigenvalue weighted by Gasteiger charge is 2.32. The molecule has 2 N–H and O–H groups in total.